The first kappa shape index (κ1) is 17.8. The summed E-state index contributed by atoms with van der Waals surface area (Å²) in [5, 5.41) is 5.51. The molecule has 1 aliphatic heterocycles. The number of alkyl halides is 2. The van der Waals surface area contributed by atoms with Crippen LogP contribution in [-0.4, -0.2) is 56.0 Å². The normalized spacial score (nSPS) is 18.3. The van der Waals surface area contributed by atoms with E-state index in [2.05, 4.69) is 22.8 Å². The van der Waals surface area contributed by atoms with E-state index in [1.165, 1.54) is 10.5 Å². The van der Waals surface area contributed by atoms with Crippen molar-refractivity contribution in [3.05, 3.63) is 35.9 Å². The van der Waals surface area contributed by atoms with E-state index in [4.69, 9.17) is 0 Å². The molecule has 0 unspecified atom stereocenters. The molecule has 1 heterocycles. The summed E-state index contributed by atoms with van der Waals surface area (Å²) in [7, 11) is 0. The molecule has 1 aromatic carbocycles. The number of nitrogens with zero attached hydrogens (tertiary/aromatic N) is 1. The van der Waals surface area contributed by atoms with Gasteiger partial charge in [0.1, 0.15) is 0 Å². The lowest BCUT2D eigenvalue weighted by Crippen LogP contribution is -2.43. The van der Waals surface area contributed by atoms with Crippen molar-refractivity contribution in [3.63, 3.8) is 0 Å². The fourth-order valence-corrected chi connectivity index (χ4v) is 2.69. The van der Waals surface area contributed by atoms with E-state index < -0.39 is 5.92 Å². The molecular formula is C17H25F2N3O. The highest BCUT2D eigenvalue weighted by atomic mass is 19.3. The lowest BCUT2D eigenvalue weighted by Gasteiger charge is -2.22. The first-order valence-corrected chi connectivity index (χ1v) is 8.17. The zero-order valence-corrected chi connectivity index (χ0v) is 13.4. The third kappa shape index (κ3) is 7.05. The zero-order chi connectivity index (χ0) is 16.5. The summed E-state index contributed by atoms with van der Waals surface area (Å²) >= 11 is 0. The van der Waals surface area contributed by atoms with Crippen LogP contribution in [-0.2, 0) is 11.2 Å². The number of benzene rings is 1. The molecule has 0 radical (unpaired) electrons. The molecule has 1 aromatic rings. The Bertz CT molecular complexity index is 482. The van der Waals surface area contributed by atoms with Crippen LogP contribution in [0, 0.1) is 0 Å². The number of unbranched alkanes of at least 4 members (excludes halogenated alkanes) is 1. The number of rotatable bonds is 7. The van der Waals surface area contributed by atoms with Gasteiger partial charge < -0.3 is 10.6 Å². The second kappa shape index (κ2) is 8.93. The minimum Gasteiger partial charge on any atom is -0.355 e. The molecule has 1 saturated heterocycles. The van der Waals surface area contributed by atoms with Crippen molar-refractivity contribution in [1.82, 2.24) is 15.5 Å². The Hall–Kier alpha value is -1.53. The van der Waals surface area contributed by atoms with E-state index in [0.717, 1.165) is 19.3 Å². The van der Waals surface area contributed by atoms with Crippen LogP contribution in [0.2, 0.25) is 0 Å². The van der Waals surface area contributed by atoms with Crippen molar-refractivity contribution in [2.75, 3.05) is 39.3 Å². The lowest BCUT2D eigenvalue weighted by molar-refractivity contribution is -0.123. The van der Waals surface area contributed by atoms with Crippen LogP contribution >= 0.6 is 0 Å². The molecule has 1 fully saturated rings. The summed E-state index contributed by atoms with van der Waals surface area (Å²) in [4.78, 5) is 13.4. The average Bonchev–Trinajstić information content (AvgIpc) is 2.68. The fourth-order valence-electron chi connectivity index (χ4n) is 2.69. The van der Waals surface area contributed by atoms with E-state index >= 15 is 0 Å². The largest absolute Gasteiger partial charge is 0.355 e. The van der Waals surface area contributed by atoms with Crippen molar-refractivity contribution in [1.29, 1.82) is 0 Å². The molecule has 0 aliphatic carbocycles. The third-order valence-electron chi connectivity index (χ3n) is 3.87. The number of hydrogen-bond donors (Lipinski definition) is 2. The quantitative estimate of drug-likeness (QED) is 0.750. The number of nitrogens with one attached hydrogen (secondary N) is 2. The zero-order valence-electron chi connectivity index (χ0n) is 13.4. The highest BCUT2D eigenvalue weighted by Crippen LogP contribution is 2.15. The third-order valence-corrected chi connectivity index (χ3v) is 3.87. The van der Waals surface area contributed by atoms with Crippen molar-refractivity contribution in [2.24, 2.45) is 0 Å². The van der Waals surface area contributed by atoms with Gasteiger partial charge in [0.15, 0.2) is 0 Å². The van der Waals surface area contributed by atoms with Gasteiger partial charge in [-0.25, -0.2) is 8.78 Å². The maximum atomic E-state index is 13.4. The molecular weight excluding hydrogens is 300 g/mol. The van der Waals surface area contributed by atoms with Gasteiger partial charge in [0.25, 0.3) is 5.92 Å². The molecule has 0 bridgehead atoms. The van der Waals surface area contributed by atoms with Gasteiger partial charge in [-0.15, -0.1) is 0 Å². The molecule has 2 rings (SSSR count). The molecule has 6 heteroatoms. The smallest absolute Gasteiger partial charge is 0.272 e. The van der Waals surface area contributed by atoms with E-state index in [0.29, 0.717) is 19.6 Å². The number of amides is 1. The Morgan fingerprint density at radius 1 is 1.26 bits per heavy atom. The Balaban J connectivity index is 1.59. The van der Waals surface area contributed by atoms with E-state index in [1.807, 2.05) is 18.2 Å². The lowest BCUT2D eigenvalue weighted by atomic mass is 10.1. The number of carbonyl (C=O) groups is 1. The molecule has 1 aliphatic rings. The first-order valence-electron chi connectivity index (χ1n) is 8.17. The van der Waals surface area contributed by atoms with Crippen molar-refractivity contribution in [3.8, 4) is 0 Å². The topological polar surface area (TPSA) is 44.4 Å². The summed E-state index contributed by atoms with van der Waals surface area (Å²) in [5.74, 6) is -2.95. The number of hydrogen-bond acceptors (Lipinski definition) is 3. The highest BCUT2D eigenvalue weighted by molar-refractivity contribution is 5.77. The number of halogens is 2. The SMILES string of the molecule is O=C(CN1CCNCC(F)(F)C1)NCCCCc1ccccc1. The summed E-state index contributed by atoms with van der Waals surface area (Å²) in [6.45, 7) is 0.910. The minimum absolute atomic E-state index is 0.0377. The van der Waals surface area contributed by atoms with Crippen LogP contribution < -0.4 is 10.6 Å². The molecule has 1 amide bonds. The van der Waals surface area contributed by atoms with Crippen molar-refractivity contribution < 1.29 is 13.6 Å². The van der Waals surface area contributed by atoms with Gasteiger partial charge >= 0.3 is 0 Å². The van der Waals surface area contributed by atoms with Gasteiger partial charge in [0, 0.05) is 19.6 Å². The number of carbonyl (C=O) groups excluding carboxylic acids is 1. The summed E-state index contributed by atoms with van der Waals surface area (Å²) < 4.78 is 26.9. The predicted octanol–water partition coefficient (Wildman–Crippen LogP) is 1.67. The minimum atomic E-state index is -2.77. The van der Waals surface area contributed by atoms with Crippen LogP contribution in [0.5, 0.6) is 0 Å². The summed E-state index contributed by atoms with van der Waals surface area (Å²) in [6.07, 6.45) is 2.87. The van der Waals surface area contributed by atoms with Gasteiger partial charge in [0.05, 0.1) is 19.6 Å². The van der Waals surface area contributed by atoms with Crippen LogP contribution in [0.15, 0.2) is 30.3 Å². The van der Waals surface area contributed by atoms with Crippen LogP contribution in [0.25, 0.3) is 0 Å². The van der Waals surface area contributed by atoms with Crippen molar-refractivity contribution in [2.45, 2.75) is 25.2 Å². The number of aryl methyl sites for hydroxylation is 1. The Morgan fingerprint density at radius 3 is 2.83 bits per heavy atom. The molecule has 0 aromatic heterocycles. The monoisotopic (exact) mass is 325 g/mol. The van der Waals surface area contributed by atoms with E-state index in [1.54, 1.807) is 0 Å². The predicted molar refractivity (Wildman–Crippen MR) is 86.6 cm³/mol. The van der Waals surface area contributed by atoms with Gasteiger partial charge in [0.2, 0.25) is 5.91 Å². The molecule has 0 saturated carbocycles. The van der Waals surface area contributed by atoms with Gasteiger partial charge in [-0.1, -0.05) is 30.3 Å². The first-order chi connectivity index (χ1) is 11.1. The second-order valence-electron chi connectivity index (χ2n) is 6.04. The molecule has 0 spiro atoms. The van der Waals surface area contributed by atoms with Crippen molar-refractivity contribution >= 4 is 5.91 Å². The fraction of sp³-hybridized carbons (Fsp3) is 0.588. The second-order valence-corrected chi connectivity index (χ2v) is 6.04. The van der Waals surface area contributed by atoms with Gasteiger partial charge in [-0.05, 0) is 24.8 Å². The Labute approximate surface area is 136 Å². The van der Waals surface area contributed by atoms with Gasteiger partial charge in [-0.3, -0.25) is 9.69 Å². The van der Waals surface area contributed by atoms with Gasteiger partial charge in [-0.2, -0.15) is 0 Å². The molecule has 128 valence electrons. The maximum Gasteiger partial charge on any atom is 0.272 e. The highest BCUT2D eigenvalue weighted by Gasteiger charge is 2.33. The molecule has 2 N–H and O–H groups in total. The van der Waals surface area contributed by atoms with Crippen LogP contribution in [0.4, 0.5) is 8.78 Å². The summed E-state index contributed by atoms with van der Waals surface area (Å²) in [5.41, 5.74) is 1.29. The molecule has 23 heavy (non-hydrogen) atoms. The maximum absolute atomic E-state index is 13.4. The Kier molecular flexibility index (Phi) is 6.92. The standard InChI is InChI=1S/C17H25F2N3O/c18-17(19)13-20-10-11-22(14-17)12-16(23)21-9-5-4-8-15-6-2-1-3-7-15/h1-3,6-7,20H,4-5,8-14H2,(H,21,23). The van der Waals surface area contributed by atoms with Crippen LogP contribution in [0.1, 0.15) is 18.4 Å². The Morgan fingerprint density at radius 2 is 2.04 bits per heavy atom. The molecule has 0 atom stereocenters. The average molecular weight is 325 g/mol. The van der Waals surface area contributed by atoms with E-state index in [9.17, 15) is 13.6 Å². The van der Waals surface area contributed by atoms with E-state index in [-0.39, 0.29) is 25.5 Å². The molecule has 4 nitrogen and oxygen atoms in total. The summed E-state index contributed by atoms with van der Waals surface area (Å²) in [6, 6.07) is 10.2. The van der Waals surface area contributed by atoms with Crippen LogP contribution in [0.3, 0.4) is 0 Å².